The molecular formula is C19H21BrN2O. The fourth-order valence-electron chi connectivity index (χ4n) is 2.33. The number of carbonyl (C=O) groups is 1. The van der Waals surface area contributed by atoms with Gasteiger partial charge in [-0.15, -0.1) is 6.58 Å². The Balaban J connectivity index is 2.20. The fourth-order valence-corrected chi connectivity index (χ4v) is 2.59. The molecule has 0 aliphatic heterocycles. The van der Waals surface area contributed by atoms with Crippen molar-refractivity contribution in [3.63, 3.8) is 0 Å². The molecule has 4 heteroatoms. The third-order valence-corrected chi connectivity index (χ3v) is 4.71. The molecule has 0 radical (unpaired) electrons. The van der Waals surface area contributed by atoms with Gasteiger partial charge in [0.2, 0.25) is 0 Å². The molecule has 0 fully saturated rings. The minimum Gasteiger partial charge on any atom is -0.287 e. The molecule has 0 aliphatic rings. The van der Waals surface area contributed by atoms with Gasteiger partial charge in [0.25, 0.3) is 5.91 Å². The Kier molecular flexibility index (Phi) is 5.74. The maximum Gasteiger partial charge on any atom is 0.265 e. The summed E-state index contributed by atoms with van der Waals surface area (Å²) < 4.78 is 1.02. The number of hydrogen-bond donors (Lipinski definition) is 2. The molecule has 23 heavy (non-hydrogen) atoms. The molecule has 3 nitrogen and oxygen atoms in total. The number of rotatable bonds is 6. The zero-order valence-electron chi connectivity index (χ0n) is 13.3. The highest BCUT2D eigenvalue weighted by Crippen LogP contribution is 2.30. The van der Waals surface area contributed by atoms with Crippen LogP contribution in [0.25, 0.3) is 0 Å². The lowest BCUT2D eigenvalue weighted by Crippen LogP contribution is -2.53. The number of hydrazine groups is 1. The van der Waals surface area contributed by atoms with Gasteiger partial charge in [0.05, 0.1) is 5.54 Å². The highest BCUT2D eigenvalue weighted by molar-refractivity contribution is 9.10. The van der Waals surface area contributed by atoms with Crippen LogP contribution in [0.15, 0.2) is 71.7 Å². The maximum absolute atomic E-state index is 12.3. The van der Waals surface area contributed by atoms with E-state index >= 15 is 0 Å². The van der Waals surface area contributed by atoms with Crippen molar-refractivity contribution in [3.05, 3.63) is 82.9 Å². The lowest BCUT2D eigenvalue weighted by Gasteiger charge is -2.36. The molecule has 2 rings (SSSR count). The Morgan fingerprint density at radius 1 is 1.17 bits per heavy atom. The van der Waals surface area contributed by atoms with Crippen LogP contribution < -0.4 is 10.9 Å². The van der Waals surface area contributed by atoms with Crippen molar-refractivity contribution in [2.24, 2.45) is 5.92 Å². The molecule has 0 bridgehead atoms. The summed E-state index contributed by atoms with van der Waals surface area (Å²) >= 11 is 3.45. The summed E-state index contributed by atoms with van der Waals surface area (Å²) in [7, 11) is 0. The molecule has 2 atom stereocenters. The van der Waals surface area contributed by atoms with Crippen LogP contribution in [0.5, 0.6) is 0 Å². The minimum atomic E-state index is -0.465. The van der Waals surface area contributed by atoms with E-state index in [4.69, 9.17) is 0 Å². The smallest absolute Gasteiger partial charge is 0.265 e. The monoisotopic (exact) mass is 372 g/mol. The van der Waals surface area contributed by atoms with Crippen LogP contribution in [-0.2, 0) is 5.54 Å². The van der Waals surface area contributed by atoms with E-state index < -0.39 is 5.54 Å². The van der Waals surface area contributed by atoms with Crippen molar-refractivity contribution in [2.45, 2.75) is 19.4 Å². The molecule has 0 heterocycles. The zero-order chi connectivity index (χ0) is 16.9. The highest BCUT2D eigenvalue weighted by atomic mass is 79.9. The predicted octanol–water partition coefficient (Wildman–Crippen LogP) is 4.42. The van der Waals surface area contributed by atoms with E-state index in [0.29, 0.717) is 5.56 Å². The lowest BCUT2D eigenvalue weighted by molar-refractivity contribution is 0.0894. The first kappa shape index (κ1) is 17.4. The number of carbonyl (C=O) groups excluding carboxylic acids is 1. The van der Waals surface area contributed by atoms with E-state index in [0.717, 1.165) is 10.0 Å². The Labute approximate surface area is 145 Å². The minimum absolute atomic E-state index is 0.111. The Morgan fingerprint density at radius 2 is 1.78 bits per heavy atom. The van der Waals surface area contributed by atoms with E-state index in [1.807, 2.05) is 55.5 Å². The molecule has 0 saturated heterocycles. The summed E-state index contributed by atoms with van der Waals surface area (Å²) in [6.45, 7) is 8.01. The normalized spacial score (nSPS) is 14.6. The van der Waals surface area contributed by atoms with Gasteiger partial charge in [-0.25, -0.2) is 5.43 Å². The van der Waals surface area contributed by atoms with Gasteiger partial charge in [-0.3, -0.25) is 10.2 Å². The average molecular weight is 373 g/mol. The van der Waals surface area contributed by atoms with Gasteiger partial charge in [0, 0.05) is 10.0 Å². The first-order valence-electron chi connectivity index (χ1n) is 7.48. The third kappa shape index (κ3) is 4.09. The molecule has 0 spiro atoms. The molecule has 0 aliphatic carbocycles. The van der Waals surface area contributed by atoms with E-state index in [-0.39, 0.29) is 11.8 Å². The van der Waals surface area contributed by atoms with Crippen LogP contribution in [0.2, 0.25) is 0 Å². The van der Waals surface area contributed by atoms with Crippen LogP contribution in [0.1, 0.15) is 29.8 Å². The van der Waals surface area contributed by atoms with Gasteiger partial charge >= 0.3 is 0 Å². The van der Waals surface area contributed by atoms with Gasteiger partial charge in [-0.1, -0.05) is 59.3 Å². The van der Waals surface area contributed by atoms with Gasteiger partial charge in [0.1, 0.15) is 0 Å². The van der Waals surface area contributed by atoms with E-state index in [1.165, 1.54) is 0 Å². The second-order valence-corrected chi connectivity index (χ2v) is 6.59. The van der Waals surface area contributed by atoms with Crippen LogP contribution in [0.4, 0.5) is 0 Å². The SMILES string of the molecule is C=C[C@@H](C)[C@](C)(NNC(=O)c1ccccc1)c1ccc(Br)cc1. The molecule has 0 unspecified atom stereocenters. The van der Waals surface area contributed by atoms with Crippen LogP contribution >= 0.6 is 15.9 Å². The lowest BCUT2D eigenvalue weighted by atomic mass is 9.81. The van der Waals surface area contributed by atoms with Crippen LogP contribution in [0, 0.1) is 5.92 Å². The number of benzene rings is 2. The Bertz CT molecular complexity index is 670. The Morgan fingerprint density at radius 3 is 2.35 bits per heavy atom. The van der Waals surface area contributed by atoms with Crippen molar-refractivity contribution in [1.29, 1.82) is 0 Å². The Hall–Kier alpha value is -1.91. The van der Waals surface area contributed by atoms with Gasteiger partial charge < -0.3 is 0 Å². The molecule has 2 aromatic carbocycles. The quantitative estimate of drug-likeness (QED) is 0.581. The first-order chi connectivity index (χ1) is 11.0. The number of amides is 1. The summed E-state index contributed by atoms with van der Waals surface area (Å²) in [5.41, 5.74) is 7.23. The summed E-state index contributed by atoms with van der Waals surface area (Å²) in [6, 6.07) is 17.2. The molecule has 0 aromatic heterocycles. The third-order valence-electron chi connectivity index (χ3n) is 4.18. The molecule has 2 aromatic rings. The fraction of sp³-hybridized carbons (Fsp3) is 0.211. The summed E-state index contributed by atoms with van der Waals surface area (Å²) in [5.74, 6) is -0.0510. The highest BCUT2D eigenvalue weighted by Gasteiger charge is 2.31. The number of hydrogen-bond acceptors (Lipinski definition) is 2. The van der Waals surface area contributed by atoms with Gasteiger partial charge in [-0.2, -0.15) is 0 Å². The van der Waals surface area contributed by atoms with Gasteiger partial charge in [-0.05, 0) is 42.7 Å². The van der Waals surface area contributed by atoms with Crippen LogP contribution in [-0.4, -0.2) is 5.91 Å². The molecular weight excluding hydrogens is 352 g/mol. The molecule has 0 saturated carbocycles. The topological polar surface area (TPSA) is 41.1 Å². The molecule has 2 N–H and O–H groups in total. The molecule has 1 amide bonds. The van der Waals surface area contributed by atoms with Crippen molar-refractivity contribution >= 4 is 21.8 Å². The average Bonchev–Trinajstić information content (AvgIpc) is 2.60. The van der Waals surface area contributed by atoms with E-state index in [2.05, 4.69) is 40.3 Å². The summed E-state index contributed by atoms with van der Waals surface area (Å²) in [6.07, 6.45) is 1.88. The standard InChI is InChI=1S/C19H21BrN2O/c1-4-14(2)19(3,16-10-12-17(20)13-11-16)22-21-18(23)15-8-6-5-7-9-15/h4-14,22H,1H2,2-3H3,(H,21,23)/t14-,19+/m1/s1. The first-order valence-corrected chi connectivity index (χ1v) is 8.28. The maximum atomic E-state index is 12.3. The number of halogens is 1. The predicted molar refractivity (Wildman–Crippen MR) is 97.9 cm³/mol. The summed E-state index contributed by atoms with van der Waals surface area (Å²) in [5, 5.41) is 0. The van der Waals surface area contributed by atoms with Crippen molar-refractivity contribution in [3.8, 4) is 0 Å². The van der Waals surface area contributed by atoms with E-state index in [1.54, 1.807) is 12.1 Å². The molecule has 120 valence electrons. The van der Waals surface area contributed by atoms with Crippen molar-refractivity contribution in [1.82, 2.24) is 10.9 Å². The van der Waals surface area contributed by atoms with Crippen LogP contribution in [0.3, 0.4) is 0 Å². The van der Waals surface area contributed by atoms with E-state index in [9.17, 15) is 4.79 Å². The zero-order valence-corrected chi connectivity index (χ0v) is 14.9. The largest absolute Gasteiger partial charge is 0.287 e. The second-order valence-electron chi connectivity index (χ2n) is 5.68. The van der Waals surface area contributed by atoms with Crippen molar-refractivity contribution < 1.29 is 4.79 Å². The number of nitrogens with one attached hydrogen (secondary N) is 2. The summed E-state index contributed by atoms with van der Waals surface area (Å²) in [4.78, 5) is 12.3. The second kappa shape index (κ2) is 7.57. The van der Waals surface area contributed by atoms with Crippen molar-refractivity contribution in [2.75, 3.05) is 0 Å². The van der Waals surface area contributed by atoms with Gasteiger partial charge in [0.15, 0.2) is 0 Å².